The first-order valence-corrected chi connectivity index (χ1v) is 14.2. The second kappa shape index (κ2) is 20.6. The van der Waals surface area contributed by atoms with Crippen molar-refractivity contribution in [2.24, 2.45) is 0 Å². The zero-order valence-corrected chi connectivity index (χ0v) is 25.3. The van der Waals surface area contributed by atoms with Crippen molar-refractivity contribution in [1.82, 2.24) is 0 Å². The summed E-state index contributed by atoms with van der Waals surface area (Å²) in [6, 6.07) is 6.10. The second-order valence-electron chi connectivity index (χ2n) is 8.56. The van der Waals surface area contributed by atoms with E-state index in [9.17, 15) is 27.6 Å². The van der Waals surface area contributed by atoms with E-state index < -0.39 is 44.4 Å². The zero-order valence-electron chi connectivity index (χ0n) is 24.5. The minimum Gasteiger partial charge on any atom is -0.502 e. The summed E-state index contributed by atoms with van der Waals surface area (Å²) in [6.07, 6.45) is 7.61. The Kier molecular flexibility index (Phi) is 19.6. The summed E-state index contributed by atoms with van der Waals surface area (Å²) in [5, 5.41) is 41.8. The van der Waals surface area contributed by atoms with Gasteiger partial charge >= 0.3 is 23.9 Å². The first-order chi connectivity index (χ1) is 19.5. The summed E-state index contributed by atoms with van der Waals surface area (Å²) in [4.78, 5) is 40.2. The molecule has 42 heavy (non-hydrogen) atoms. The summed E-state index contributed by atoms with van der Waals surface area (Å²) in [6.45, 7) is 10.9. The lowest BCUT2D eigenvalue weighted by molar-refractivity contribution is -0.136. The minimum absolute atomic E-state index is 0.00481. The van der Waals surface area contributed by atoms with E-state index in [-0.39, 0.29) is 11.0 Å². The molecule has 13 heteroatoms. The van der Waals surface area contributed by atoms with Crippen LogP contribution in [0.15, 0.2) is 75.3 Å². The van der Waals surface area contributed by atoms with E-state index in [0.717, 1.165) is 18.6 Å². The van der Waals surface area contributed by atoms with Crippen LogP contribution in [0, 0.1) is 6.92 Å². The molecule has 1 aliphatic heterocycles. The quantitative estimate of drug-likeness (QED) is 0.135. The van der Waals surface area contributed by atoms with Crippen molar-refractivity contribution in [2.45, 2.75) is 71.8 Å². The number of epoxide rings is 1. The lowest BCUT2D eigenvalue weighted by atomic mass is 10.2. The summed E-state index contributed by atoms with van der Waals surface area (Å²) >= 11 is 0. The van der Waals surface area contributed by atoms with E-state index in [0.29, 0.717) is 24.0 Å². The van der Waals surface area contributed by atoms with Crippen LogP contribution in [0.2, 0.25) is 0 Å². The molecule has 0 saturated carbocycles. The zero-order chi connectivity index (χ0) is 33.0. The molecule has 1 aromatic carbocycles. The molecule has 0 radical (unpaired) electrons. The summed E-state index contributed by atoms with van der Waals surface area (Å²) in [5.74, 6) is -4.96. The van der Waals surface area contributed by atoms with Crippen molar-refractivity contribution >= 4 is 33.7 Å². The van der Waals surface area contributed by atoms with Gasteiger partial charge in [0.25, 0.3) is 0 Å². The monoisotopic (exact) mass is 612 g/mol. The highest BCUT2D eigenvalue weighted by atomic mass is 32.2. The van der Waals surface area contributed by atoms with Gasteiger partial charge in [-0.05, 0) is 65.2 Å². The maximum absolute atomic E-state index is 12.0. The van der Waals surface area contributed by atoms with E-state index in [2.05, 4.69) is 0 Å². The minimum atomic E-state index is -3.92. The molecule has 12 nitrogen and oxygen atoms in total. The lowest BCUT2D eigenvalue weighted by Gasteiger charge is -2.05. The third-order valence-corrected chi connectivity index (χ3v) is 6.85. The van der Waals surface area contributed by atoms with E-state index in [1.807, 2.05) is 6.92 Å². The van der Waals surface area contributed by atoms with Gasteiger partial charge in [0.15, 0.2) is 10.7 Å². The first-order valence-electron chi connectivity index (χ1n) is 12.7. The molecule has 1 saturated heterocycles. The number of aryl methyl sites for hydroxylation is 1. The van der Waals surface area contributed by atoms with Crippen LogP contribution in [0.5, 0.6) is 0 Å². The van der Waals surface area contributed by atoms with Gasteiger partial charge in [0.05, 0.1) is 17.6 Å². The van der Waals surface area contributed by atoms with Crippen LogP contribution in [0.3, 0.4) is 0 Å². The van der Waals surface area contributed by atoms with Crippen LogP contribution >= 0.6 is 0 Å². The lowest BCUT2D eigenvalue weighted by Crippen LogP contribution is -2.13. The standard InChI is InChI=1S/C12H14O4S.C7H10O3.C5H8O3.C5H8O2/c1-3-4-11(12(13)14)17(15,16)10-7-5-9(2)6-8-10;1-5(7(8)9)2-3-6-4-10-6;1-2-3-4(6)5(7)8;1-3-4(2)5(6)7/h4-8H,3H2,1-2H3,(H,13,14);2,6H,3-4H2,1H3,(H,8,9);3,6H,2H2,1H3,(H,7,8);3H,1-2H3,(H,6,7)/b11-4+;5-2+;4-3-;4-3+. The maximum Gasteiger partial charge on any atom is 0.370 e. The van der Waals surface area contributed by atoms with Gasteiger partial charge in [-0.25, -0.2) is 27.6 Å². The number of ether oxygens (including phenoxy) is 1. The predicted molar refractivity (Wildman–Crippen MR) is 156 cm³/mol. The Bertz CT molecular complexity index is 1280. The third kappa shape index (κ3) is 17.5. The predicted octanol–water partition coefficient (Wildman–Crippen LogP) is 4.91. The Hall–Kier alpha value is -4.23. The molecular weight excluding hydrogens is 572 g/mol. The number of sulfone groups is 1. The molecule has 2 rings (SSSR count). The Morgan fingerprint density at radius 1 is 0.810 bits per heavy atom. The number of aliphatic hydroxyl groups excluding tert-OH is 1. The van der Waals surface area contributed by atoms with Gasteiger partial charge in [0.1, 0.15) is 0 Å². The van der Waals surface area contributed by atoms with Crippen molar-refractivity contribution in [2.75, 3.05) is 6.61 Å². The normalized spacial score (nSPS) is 15.0. The number of rotatable bonds is 10. The molecule has 234 valence electrons. The second-order valence-corrected chi connectivity index (χ2v) is 10.5. The fraction of sp³-hybridized carbons (Fsp3) is 0.379. The number of carbonyl (C=O) groups is 4. The van der Waals surface area contributed by atoms with E-state index in [4.69, 9.17) is 30.3 Å². The Morgan fingerprint density at radius 3 is 1.57 bits per heavy atom. The largest absolute Gasteiger partial charge is 0.502 e. The van der Waals surface area contributed by atoms with Gasteiger partial charge in [-0.15, -0.1) is 0 Å². The van der Waals surface area contributed by atoms with Crippen molar-refractivity contribution in [1.29, 1.82) is 0 Å². The van der Waals surface area contributed by atoms with E-state index in [1.54, 1.807) is 58.9 Å². The number of carboxylic acid groups (broad SMARTS) is 4. The van der Waals surface area contributed by atoms with Crippen LogP contribution < -0.4 is 0 Å². The van der Waals surface area contributed by atoms with Crippen molar-refractivity contribution in [3.8, 4) is 0 Å². The Morgan fingerprint density at radius 2 is 1.29 bits per heavy atom. The molecular formula is C29H40O12S. The molecule has 1 aromatic rings. The molecule has 0 aromatic heterocycles. The highest BCUT2D eigenvalue weighted by molar-refractivity contribution is 7.96. The summed E-state index contributed by atoms with van der Waals surface area (Å²) in [5.41, 5.74) is 1.70. The van der Waals surface area contributed by atoms with Gasteiger partial charge in [-0.3, -0.25) is 0 Å². The number of benzene rings is 1. The number of allylic oxidation sites excluding steroid dienone is 3. The van der Waals surface area contributed by atoms with E-state index >= 15 is 0 Å². The first kappa shape index (κ1) is 39.9. The summed E-state index contributed by atoms with van der Waals surface area (Å²) < 4.78 is 29.0. The molecule has 0 bridgehead atoms. The van der Waals surface area contributed by atoms with Gasteiger partial charge in [-0.1, -0.05) is 49.8 Å². The highest BCUT2D eigenvalue weighted by Gasteiger charge is 2.26. The molecule has 0 aliphatic carbocycles. The molecule has 1 heterocycles. The molecule has 1 atom stereocenters. The maximum atomic E-state index is 12.0. The van der Waals surface area contributed by atoms with Gasteiger partial charge < -0.3 is 30.3 Å². The molecule has 1 unspecified atom stereocenters. The highest BCUT2D eigenvalue weighted by Crippen LogP contribution is 2.20. The number of hydrogen-bond donors (Lipinski definition) is 5. The number of carboxylic acids is 4. The third-order valence-electron chi connectivity index (χ3n) is 5.03. The average molecular weight is 613 g/mol. The van der Waals surface area contributed by atoms with Crippen LogP contribution in [-0.4, -0.2) is 70.5 Å². The fourth-order valence-corrected chi connectivity index (χ4v) is 3.71. The van der Waals surface area contributed by atoms with Crippen molar-refractivity contribution in [3.63, 3.8) is 0 Å². The van der Waals surface area contributed by atoms with Gasteiger partial charge in [-0.2, -0.15) is 0 Å². The van der Waals surface area contributed by atoms with Crippen LogP contribution in [0.25, 0.3) is 0 Å². The summed E-state index contributed by atoms with van der Waals surface area (Å²) in [7, 11) is -3.92. The van der Waals surface area contributed by atoms with Crippen molar-refractivity contribution in [3.05, 3.63) is 75.9 Å². The number of hydrogen-bond acceptors (Lipinski definition) is 8. The Labute approximate surface area is 245 Å². The average Bonchev–Trinajstić information content (AvgIpc) is 3.75. The van der Waals surface area contributed by atoms with Gasteiger partial charge in [0, 0.05) is 11.1 Å². The fourth-order valence-electron chi connectivity index (χ4n) is 2.35. The van der Waals surface area contributed by atoms with Crippen LogP contribution in [0.4, 0.5) is 0 Å². The smallest absolute Gasteiger partial charge is 0.370 e. The molecule has 5 N–H and O–H groups in total. The SMILES string of the molecule is C/C(=C\CC1CO1)C(=O)O.C/C=C(\C)C(=O)O.CC/C=C(\C(=O)O)S(=O)(=O)c1ccc(C)cc1.CC/C=C(\O)C(=O)O. The van der Waals surface area contributed by atoms with Crippen LogP contribution in [0.1, 0.15) is 59.4 Å². The number of aliphatic carboxylic acids is 4. The molecule has 0 spiro atoms. The molecule has 1 aliphatic rings. The van der Waals surface area contributed by atoms with Crippen LogP contribution in [-0.2, 0) is 33.8 Å². The van der Waals surface area contributed by atoms with Crippen molar-refractivity contribution < 1.29 is 57.9 Å². The topological polar surface area (TPSA) is 216 Å². The molecule has 0 amide bonds. The van der Waals surface area contributed by atoms with E-state index in [1.165, 1.54) is 24.3 Å². The van der Waals surface area contributed by atoms with Gasteiger partial charge in [0.2, 0.25) is 9.84 Å². The number of aliphatic hydroxyl groups is 1. The Balaban J connectivity index is 0. The molecule has 1 fully saturated rings.